The summed E-state index contributed by atoms with van der Waals surface area (Å²) in [5.74, 6) is 0. The van der Waals surface area contributed by atoms with E-state index in [4.69, 9.17) is 10.00 Å². The van der Waals surface area contributed by atoms with Crippen LogP contribution in [0.4, 0.5) is 0 Å². The van der Waals surface area contributed by atoms with E-state index in [9.17, 15) is 0 Å². The van der Waals surface area contributed by atoms with Crippen molar-refractivity contribution in [3.05, 3.63) is 35.9 Å². The Kier molecular flexibility index (Phi) is 2.15. The lowest BCUT2D eigenvalue weighted by Gasteiger charge is -2.15. The minimum atomic E-state index is 0.103. The van der Waals surface area contributed by atoms with Crippen molar-refractivity contribution < 1.29 is 4.74 Å². The molecule has 0 saturated carbocycles. The Morgan fingerprint density at radius 3 is 2.85 bits per heavy atom. The van der Waals surface area contributed by atoms with Crippen LogP contribution >= 0.6 is 0 Å². The molecule has 0 spiro atoms. The van der Waals surface area contributed by atoms with Crippen LogP contribution in [-0.2, 0) is 4.74 Å². The maximum atomic E-state index is 8.79. The zero-order chi connectivity index (χ0) is 9.10. The summed E-state index contributed by atoms with van der Waals surface area (Å²) in [5.41, 5.74) is 1.14. The van der Waals surface area contributed by atoms with Gasteiger partial charge in [0.25, 0.3) is 0 Å². The number of hydrogen-bond donors (Lipinski definition) is 0. The van der Waals surface area contributed by atoms with Gasteiger partial charge < -0.3 is 4.74 Å². The molecule has 0 aliphatic carbocycles. The molecule has 1 aromatic carbocycles. The first-order chi connectivity index (χ1) is 6.42. The maximum Gasteiger partial charge on any atom is 0.182 e. The lowest BCUT2D eigenvalue weighted by molar-refractivity contribution is 0.164. The van der Waals surface area contributed by atoms with Crippen LogP contribution in [0.1, 0.15) is 11.6 Å². The second-order valence-electron chi connectivity index (χ2n) is 3.00. The van der Waals surface area contributed by atoms with Crippen molar-refractivity contribution in [2.75, 3.05) is 13.3 Å². The van der Waals surface area contributed by atoms with E-state index < -0.39 is 0 Å². The molecule has 0 bridgehead atoms. The topological polar surface area (TPSA) is 36.3 Å². The maximum absolute atomic E-state index is 8.79. The summed E-state index contributed by atoms with van der Waals surface area (Å²) < 4.78 is 5.22. The van der Waals surface area contributed by atoms with Gasteiger partial charge in [-0.1, -0.05) is 30.3 Å². The van der Waals surface area contributed by atoms with Crippen molar-refractivity contribution in [3.8, 4) is 6.19 Å². The van der Waals surface area contributed by atoms with E-state index in [1.165, 1.54) is 0 Å². The minimum Gasteiger partial charge on any atom is -0.358 e. The fourth-order valence-electron chi connectivity index (χ4n) is 1.49. The number of nitrogens with zero attached hydrogens (tertiary/aromatic N) is 2. The lowest BCUT2D eigenvalue weighted by Crippen LogP contribution is -2.18. The highest BCUT2D eigenvalue weighted by Crippen LogP contribution is 2.24. The normalized spacial score (nSPS) is 21.5. The predicted octanol–water partition coefficient (Wildman–Crippen LogP) is 1.50. The van der Waals surface area contributed by atoms with Gasteiger partial charge in [0.2, 0.25) is 0 Å². The molecule has 1 fully saturated rings. The summed E-state index contributed by atoms with van der Waals surface area (Å²) in [7, 11) is 0. The number of hydrogen-bond acceptors (Lipinski definition) is 3. The molecule has 1 aliphatic heterocycles. The molecule has 1 aromatic rings. The van der Waals surface area contributed by atoms with E-state index in [-0.39, 0.29) is 6.04 Å². The van der Waals surface area contributed by atoms with Crippen molar-refractivity contribution in [3.63, 3.8) is 0 Å². The SMILES string of the molecule is N#CN1COC[C@H]1c1ccccc1. The Balaban J connectivity index is 2.22. The monoisotopic (exact) mass is 174 g/mol. The predicted molar refractivity (Wildman–Crippen MR) is 47.5 cm³/mol. The van der Waals surface area contributed by atoms with E-state index in [1.54, 1.807) is 4.90 Å². The second kappa shape index (κ2) is 3.46. The molecule has 0 radical (unpaired) electrons. The second-order valence-corrected chi connectivity index (χ2v) is 3.00. The van der Waals surface area contributed by atoms with Crippen LogP contribution in [0.15, 0.2) is 30.3 Å². The van der Waals surface area contributed by atoms with Crippen LogP contribution in [0.5, 0.6) is 0 Å². The van der Waals surface area contributed by atoms with Crippen LogP contribution in [0.25, 0.3) is 0 Å². The van der Waals surface area contributed by atoms with Crippen LogP contribution in [0.2, 0.25) is 0 Å². The van der Waals surface area contributed by atoms with Crippen molar-refractivity contribution in [2.24, 2.45) is 0 Å². The van der Waals surface area contributed by atoms with Gasteiger partial charge in [0, 0.05) is 0 Å². The Morgan fingerprint density at radius 2 is 2.15 bits per heavy atom. The molecule has 2 rings (SSSR count). The van der Waals surface area contributed by atoms with Crippen LogP contribution in [0, 0.1) is 11.5 Å². The van der Waals surface area contributed by atoms with Crippen molar-refractivity contribution in [1.29, 1.82) is 5.26 Å². The molecular formula is C10H10N2O. The average molecular weight is 174 g/mol. The van der Waals surface area contributed by atoms with E-state index in [1.807, 2.05) is 30.3 Å². The lowest BCUT2D eigenvalue weighted by atomic mass is 10.1. The van der Waals surface area contributed by atoms with E-state index in [2.05, 4.69) is 6.19 Å². The molecule has 0 aromatic heterocycles. The van der Waals surface area contributed by atoms with Gasteiger partial charge in [-0.3, -0.25) is 4.90 Å². The highest BCUT2D eigenvalue weighted by molar-refractivity contribution is 5.20. The van der Waals surface area contributed by atoms with Gasteiger partial charge in [0.1, 0.15) is 6.73 Å². The fourth-order valence-corrected chi connectivity index (χ4v) is 1.49. The first-order valence-corrected chi connectivity index (χ1v) is 4.21. The standard InChI is InChI=1S/C10H10N2O/c11-7-12-8-13-6-10(12)9-4-2-1-3-5-9/h1-5,10H,6,8H2/t10-/m0/s1. The van der Waals surface area contributed by atoms with Gasteiger partial charge in [0.05, 0.1) is 12.6 Å². The molecule has 1 aliphatic rings. The third kappa shape index (κ3) is 1.49. The summed E-state index contributed by atoms with van der Waals surface area (Å²) in [6.07, 6.45) is 2.12. The summed E-state index contributed by atoms with van der Waals surface area (Å²) >= 11 is 0. The van der Waals surface area contributed by atoms with Crippen LogP contribution < -0.4 is 0 Å². The smallest absolute Gasteiger partial charge is 0.182 e. The van der Waals surface area contributed by atoms with Gasteiger partial charge in [-0.05, 0) is 5.56 Å². The molecule has 66 valence electrons. The molecule has 0 unspecified atom stereocenters. The van der Waals surface area contributed by atoms with E-state index in [0.29, 0.717) is 13.3 Å². The number of ether oxygens (including phenoxy) is 1. The summed E-state index contributed by atoms with van der Waals surface area (Å²) in [5, 5.41) is 8.79. The highest BCUT2D eigenvalue weighted by Gasteiger charge is 2.25. The molecule has 3 nitrogen and oxygen atoms in total. The Labute approximate surface area is 77.2 Å². The van der Waals surface area contributed by atoms with Gasteiger partial charge >= 0.3 is 0 Å². The number of benzene rings is 1. The zero-order valence-corrected chi connectivity index (χ0v) is 7.18. The molecule has 1 atom stereocenters. The zero-order valence-electron chi connectivity index (χ0n) is 7.18. The third-order valence-corrected chi connectivity index (χ3v) is 2.20. The van der Waals surface area contributed by atoms with Crippen molar-refractivity contribution >= 4 is 0 Å². The van der Waals surface area contributed by atoms with Crippen LogP contribution in [0.3, 0.4) is 0 Å². The van der Waals surface area contributed by atoms with Gasteiger partial charge in [0.15, 0.2) is 6.19 Å². The van der Waals surface area contributed by atoms with Gasteiger partial charge in [-0.25, -0.2) is 0 Å². The molecule has 1 saturated heterocycles. The molecule has 1 heterocycles. The average Bonchev–Trinajstić information content (AvgIpc) is 2.67. The first kappa shape index (κ1) is 8.09. The Hall–Kier alpha value is -1.53. The summed E-state index contributed by atoms with van der Waals surface area (Å²) in [6.45, 7) is 1.02. The molecule has 3 heteroatoms. The Morgan fingerprint density at radius 1 is 1.38 bits per heavy atom. The molecule has 0 N–H and O–H groups in total. The van der Waals surface area contributed by atoms with Crippen molar-refractivity contribution in [1.82, 2.24) is 4.90 Å². The van der Waals surface area contributed by atoms with Crippen molar-refractivity contribution in [2.45, 2.75) is 6.04 Å². The molecule has 13 heavy (non-hydrogen) atoms. The quantitative estimate of drug-likeness (QED) is 0.605. The highest BCUT2D eigenvalue weighted by atomic mass is 16.5. The molecule has 0 amide bonds. The minimum absolute atomic E-state index is 0.103. The number of nitriles is 1. The fraction of sp³-hybridized carbons (Fsp3) is 0.300. The summed E-state index contributed by atoms with van der Waals surface area (Å²) in [6, 6.07) is 10.1. The van der Waals surface area contributed by atoms with E-state index in [0.717, 1.165) is 5.56 Å². The first-order valence-electron chi connectivity index (χ1n) is 4.21. The largest absolute Gasteiger partial charge is 0.358 e. The third-order valence-electron chi connectivity index (χ3n) is 2.20. The number of rotatable bonds is 1. The van der Waals surface area contributed by atoms with Gasteiger partial charge in [-0.15, -0.1) is 0 Å². The van der Waals surface area contributed by atoms with Crippen LogP contribution in [-0.4, -0.2) is 18.2 Å². The summed E-state index contributed by atoms with van der Waals surface area (Å²) in [4.78, 5) is 1.65. The molecular weight excluding hydrogens is 164 g/mol. The van der Waals surface area contributed by atoms with Gasteiger partial charge in [-0.2, -0.15) is 5.26 Å². The Bertz CT molecular complexity index is 317. The van der Waals surface area contributed by atoms with E-state index >= 15 is 0 Å².